The molecule has 0 saturated carbocycles. The molecule has 2 aromatic carbocycles. The fourth-order valence-corrected chi connectivity index (χ4v) is 6.28. The largest absolute Gasteiger partial charge is 0.487 e. The fourth-order valence-electron chi connectivity index (χ4n) is 6.28. The number of fused-ring (bicyclic) bond motifs is 2. The number of aryl methyl sites for hydroxylation is 1. The molecular weight excluding hydrogens is 494 g/mol. The summed E-state index contributed by atoms with van der Waals surface area (Å²) in [4.78, 5) is 18.2. The summed E-state index contributed by atoms with van der Waals surface area (Å²) in [5.41, 5.74) is 2.94. The summed E-state index contributed by atoms with van der Waals surface area (Å²) in [5, 5.41) is 14.7. The van der Waals surface area contributed by atoms with E-state index in [0.29, 0.717) is 37.8 Å². The van der Waals surface area contributed by atoms with E-state index in [-0.39, 0.29) is 17.4 Å². The molecule has 4 aliphatic rings. The van der Waals surface area contributed by atoms with Gasteiger partial charge in [-0.15, -0.1) is 0 Å². The third-order valence-corrected chi connectivity index (χ3v) is 8.63. The number of hydrogen-bond acceptors (Lipinski definition) is 7. The summed E-state index contributed by atoms with van der Waals surface area (Å²) < 4.78 is 17.6. The topological polar surface area (TPSA) is 83.5 Å². The second-order valence-corrected chi connectivity index (χ2v) is 12.1. The van der Waals surface area contributed by atoms with Crippen molar-refractivity contribution in [3.63, 3.8) is 0 Å². The van der Waals surface area contributed by atoms with E-state index in [1.165, 1.54) is 5.56 Å². The van der Waals surface area contributed by atoms with Crippen molar-refractivity contribution in [2.24, 2.45) is 5.92 Å². The van der Waals surface area contributed by atoms with Crippen LogP contribution in [0.2, 0.25) is 0 Å². The molecule has 1 amide bonds. The van der Waals surface area contributed by atoms with Crippen LogP contribution in [0.5, 0.6) is 17.2 Å². The first kappa shape index (κ1) is 26.3. The highest BCUT2D eigenvalue weighted by Crippen LogP contribution is 2.37. The van der Waals surface area contributed by atoms with Crippen molar-refractivity contribution in [2.75, 3.05) is 50.8 Å². The highest BCUT2D eigenvalue weighted by molar-refractivity contribution is 5.80. The third-order valence-electron chi connectivity index (χ3n) is 8.63. The van der Waals surface area contributed by atoms with Gasteiger partial charge in [-0.3, -0.25) is 4.79 Å². The molecule has 6 rings (SSSR count). The summed E-state index contributed by atoms with van der Waals surface area (Å²) in [6, 6.07) is 11.6. The highest BCUT2D eigenvalue weighted by atomic mass is 16.6. The van der Waals surface area contributed by atoms with E-state index in [9.17, 15) is 9.90 Å². The monoisotopic (exact) mass is 535 g/mol. The van der Waals surface area contributed by atoms with Gasteiger partial charge in [0.1, 0.15) is 30.7 Å². The van der Waals surface area contributed by atoms with Crippen molar-refractivity contribution in [1.29, 1.82) is 0 Å². The number of likely N-dealkylation sites (tertiary alicyclic amines) is 1. The van der Waals surface area contributed by atoms with Gasteiger partial charge in [-0.2, -0.15) is 0 Å². The van der Waals surface area contributed by atoms with Crippen molar-refractivity contribution < 1.29 is 24.1 Å². The van der Waals surface area contributed by atoms with Gasteiger partial charge >= 0.3 is 0 Å². The normalized spacial score (nSPS) is 23.6. The van der Waals surface area contributed by atoms with Crippen molar-refractivity contribution in [3.8, 4) is 17.2 Å². The average Bonchev–Trinajstić information content (AvgIpc) is 3.64. The predicted molar refractivity (Wildman–Crippen MR) is 150 cm³/mol. The van der Waals surface area contributed by atoms with Crippen LogP contribution in [0, 0.1) is 5.92 Å². The van der Waals surface area contributed by atoms with Crippen LogP contribution in [0.3, 0.4) is 0 Å². The SMILES string of the molecule is CC1(C)CCc2ccc(N3CC[C@H](C(=O)N[C@H](CN4CCCC4)[C@H](O)c4ccc5c(c4)OCCO5)C3)cc2O1. The summed E-state index contributed by atoms with van der Waals surface area (Å²) in [7, 11) is 0. The number of aliphatic hydroxyl groups is 1. The molecule has 0 radical (unpaired) electrons. The Morgan fingerprint density at radius 3 is 2.67 bits per heavy atom. The maximum atomic E-state index is 13.6. The number of nitrogens with one attached hydrogen (secondary N) is 1. The Labute approximate surface area is 231 Å². The molecule has 2 aromatic rings. The van der Waals surface area contributed by atoms with E-state index in [1.807, 2.05) is 18.2 Å². The van der Waals surface area contributed by atoms with E-state index >= 15 is 0 Å². The number of amides is 1. The van der Waals surface area contributed by atoms with E-state index in [2.05, 4.69) is 47.2 Å². The Morgan fingerprint density at radius 2 is 1.85 bits per heavy atom. The lowest BCUT2D eigenvalue weighted by Gasteiger charge is -2.33. The number of aliphatic hydroxyl groups excluding tert-OH is 1. The second kappa shape index (κ2) is 10.9. The molecule has 0 spiro atoms. The maximum Gasteiger partial charge on any atom is 0.225 e. The van der Waals surface area contributed by atoms with E-state index < -0.39 is 12.1 Å². The molecule has 39 heavy (non-hydrogen) atoms. The summed E-state index contributed by atoms with van der Waals surface area (Å²) in [6.07, 6.45) is 4.29. The number of carbonyl (C=O) groups is 1. The quantitative estimate of drug-likeness (QED) is 0.559. The minimum atomic E-state index is -0.843. The zero-order chi connectivity index (χ0) is 27.0. The van der Waals surface area contributed by atoms with Crippen molar-refractivity contribution >= 4 is 11.6 Å². The van der Waals surface area contributed by atoms with Gasteiger partial charge in [-0.05, 0) is 88.4 Å². The number of anilines is 1. The maximum absolute atomic E-state index is 13.6. The molecule has 4 heterocycles. The van der Waals surface area contributed by atoms with E-state index in [1.54, 1.807) is 0 Å². The average molecular weight is 536 g/mol. The predicted octanol–water partition coefficient (Wildman–Crippen LogP) is 3.70. The lowest BCUT2D eigenvalue weighted by atomic mass is 9.94. The lowest BCUT2D eigenvalue weighted by Crippen LogP contribution is -2.48. The van der Waals surface area contributed by atoms with Crippen LogP contribution in [0.1, 0.15) is 56.8 Å². The first-order valence-electron chi connectivity index (χ1n) is 14.5. The highest BCUT2D eigenvalue weighted by Gasteiger charge is 2.34. The van der Waals surface area contributed by atoms with Gasteiger partial charge in [0.15, 0.2) is 11.5 Å². The van der Waals surface area contributed by atoms with E-state index in [4.69, 9.17) is 14.2 Å². The van der Waals surface area contributed by atoms with Crippen LogP contribution < -0.4 is 24.4 Å². The third kappa shape index (κ3) is 5.82. The first-order valence-corrected chi connectivity index (χ1v) is 14.5. The summed E-state index contributed by atoms with van der Waals surface area (Å²) >= 11 is 0. The van der Waals surface area contributed by atoms with Crippen LogP contribution in [-0.4, -0.2) is 73.5 Å². The Morgan fingerprint density at radius 1 is 1.05 bits per heavy atom. The molecule has 0 unspecified atom stereocenters. The fraction of sp³-hybridized carbons (Fsp3) is 0.581. The number of rotatable bonds is 7. The number of hydrogen-bond donors (Lipinski definition) is 2. The molecule has 8 nitrogen and oxygen atoms in total. The number of benzene rings is 2. The van der Waals surface area contributed by atoms with Gasteiger partial charge in [-0.1, -0.05) is 12.1 Å². The van der Waals surface area contributed by atoms with Crippen molar-refractivity contribution in [3.05, 3.63) is 47.5 Å². The first-order chi connectivity index (χ1) is 18.8. The van der Waals surface area contributed by atoms with Gasteiger partial charge in [0.2, 0.25) is 5.91 Å². The molecule has 3 atom stereocenters. The zero-order valence-electron chi connectivity index (χ0n) is 23.2. The van der Waals surface area contributed by atoms with Gasteiger partial charge in [-0.25, -0.2) is 0 Å². The molecule has 8 heteroatoms. The van der Waals surface area contributed by atoms with Crippen LogP contribution in [-0.2, 0) is 11.2 Å². The molecule has 210 valence electrons. The standard InChI is InChI=1S/C31H41N3O5/c1-31(2)11-9-21-5-7-24(18-27(21)39-31)34-14-10-23(19-34)30(36)32-25(20-33-12-3-4-13-33)29(35)22-6-8-26-28(17-22)38-16-15-37-26/h5-8,17-18,23,25,29,35H,3-4,9-16,19-20H2,1-2H3,(H,32,36)/t23-,25+,29+/m0/s1. The van der Waals surface area contributed by atoms with Crippen LogP contribution >= 0.6 is 0 Å². The minimum Gasteiger partial charge on any atom is -0.487 e. The van der Waals surface area contributed by atoms with Crippen molar-refractivity contribution in [1.82, 2.24) is 10.2 Å². The van der Waals surface area contributed by atoms with Crippen molar-refractivity contribution in [2.45, 2.75) is 63.7 Å². The number of nitrogens with zero attached hydrogens (tertiary/aromatic N) is 2. The van der Waals surface area contributed by atoms with E-state index in [0.717, 1.165) is 68.7 Å². The second-order valence-electron chi connectivity index (χ2n) is 12.1. The molecule has 0 bridgehead atoms. The van der Waals surface area contributed by atoms with Crippen LogP contribution in [0.15, 0.2) is 36.4 Å². The Balaban J connectivity index is 1.14. The summed E-state index contributed by atoms with van der Waals surface area (Å²) in [6.45, 7) is 9.38. The molecule has 2 N–H and O–H groups in total. The number of carbonyl (C=O) groups excluding carboxylic acids is 1. The Kier molecular flexibility index (Phi) is 7.33. The van der Waals surface area contributed by atoms with Gasteiger partial charge in [0.25, 0.3) is 0 Å². The molecule has 0 aliphatic carbocycles. The zero-order valence-corrected chi connectivity index (χ0v) is 23.2. The van der Waals surface area contributed by atoms with Gasteiger partial charge in [0, 0.05) is 31.4 Å². The van der Waals surface area contributed by atoms with Gasteiger partial charge in [0.05, 0.1) is 12.0 Å². The molecule has 2 saturated heterocycles. The summed E-state index contributed by atoms with van der Waals surface area (Å²) in [5.74, 6) is 2.18. The molecular formula is C31H41N3O5. The lowest BCUT2D eigenvalue weighted by molar-refractivity contribution is -0.126. The van der Waals surface area contributed by atoms with Crippen LogP contribution in [0.25, 0.3) is 0 Å². The smallest absolute Gasteiger partial charge is 0.225 e. The van der Waals surface area contributed by atoms with Crippen LogP contribution in [0.4, 0.5) is 5.69 Å². The molecule has 0 aromatic heterocycles. The molecule has 2 fully saturated rings. The van der Waals surface area contributed by atoms with Gasteiger partial charge < -0.3 is 34.4 Å². The Bertz CT molecular complexity index is 1190. The number of ether oxygens (including phenoxy) is 3. The molecule has 4 aliphatic heterocycles. The minimum absolute atomic E-state index is 0.00799. The Hall–Kier alpha value is -2.97.